The summed E-state index contributed by atoms with van der Waals surface area (Å²) in [5, 5.41) is 2.91. The summed E-state index contributed by atoms with van der Waals surface area (Å²) in [6.07, 6.45) is 2.11. The summed E-state index contributed by atoms with van der Waals surface area (Å²) >= 11 is 0. The number of aromatic nitrogens is 1. The van der Waals surface area contributed by atoms with E-state index in [1.54, 1.807) is 11.1 Å². The van der Waals surface area contributed by atoms with Crippen molar-refractivity contribution in [3.8, 4) is 0 Å². The summed E-state index contributed by atoms with van der Waals surface area (Å²) in [5.41, 5.74) is 0.956. The van der Waals surface area contributed by atoms with Gasteiger partial charge in [0.2, 0.25) is 11.8 Å². The highest BCUT2D eigenvalue weighted by Crippen LogP contribution is 2.18. The van der Waals surface area contributed by atoms with Crippen LogP contribution in [0.5, 0.6) is 0 Å². The standard InChI is InChI=1S/C17H24N4O3/c1-2-20-12-14(9-16(20)22)17(23)19-11-13-3-4-15(18-10-13)21-5-7-24-8-6-21/h3-4,10,14H,2,5-9,11-12H2,1H3,(H,19,23)/t14-/m1/s1. The molecule has 0 spiro atoms. The van der Waals surface area contributed by atoms with Crippen molar-refractivity contribution in [2.75, 3.05) is 44.3 Å². The molecular weight excluding hydrogens is 308 g/mol. The zero-order valence-corrected chi connectivity index (χ0v) is 14.0. The molecule has 3 rings (SSSR count). The molecule has 2 aliphatic rings. The van der Waals surface area contributed by atoms with Gasteiger partial charge in [0.05, 0.1) is 19.1 Å². The first-order valence-electron chi connectivity index (χ1n) is 8.50. The predicted molar refractivity (Wildman–Crippen MR) is 89.5 cm³/mol. The lowest BCUT2D eigenvalue weighted by molar-refractivity contribution is -0.128. The van der Waals surface area contributed by atoms with Crippen LogP contribution < -0.4 is 10.2 Å². The largest absolute Gasteiger partial charge is 0.378 e. The van der Waals surface area contributed by atoms with Gasteiger partial charge in [0.15, 0.2) is 0 Å². The molecule has 1 aromatic rings. The SMILES string of the molecule is CCN1C[C@H](C(=O)NCc2ccc(N3CCOCC3)nc2)CC1=O. The van der Waals surface area contributed by atoms with Crippen LogP contribution in [0.25, 0.3) is 0 Å². The molecule has 3 heterocycles. The molecular formula is C17H24N4O3. The molecule has 0 aromatic carbocycles. The van der Waals surface area contributed by atoms with Crippen LogP contribution >= 0.6 is 0 Å². The number of morpholine rings is 1. The number of nitrogens with one attached hydrogen (secondary N) is 1. The van der Waals surface area contributed by atoms with Gasteiger partial charge < -0.3 is 19.9 Å². The van der Waals surface area contributed by atoms with E-state index in [0.717, 1.165) is 37.7 Å². The molecule has 1 atom stereocenters. The number of pyridine rings is 1. The third kappa shape index (κ3) is 3.84. The van der Waals surface area contributed by atoms with Crippen molar-refractivity contribution in [2.24, 2.45) is 5.92 Å². The Morgan fingerprint density at radius 1 is 1.38 bits per heavy atom. The van der Waals surface area contributed by atoms with E-state index in [2.05, 4.69) is 15.2 Å². The predicted octanol–water partition coefficient (Wildman–Crippen LogP) is 0.403. The normalized spacial score (nSPS) is 21.2. The maximum atomic E-state index is 12.2. The number of carbonyl (C=O) groups is 2. The monoisotopic (exact) mass is 332 g/mol. The Kier molecular flexibility index (Phi) is 5.30. The number of likely N-dealkylation sites (tertiary alicyclic amines) is 1. The Hall–Kier alpha value is -2.15. The van der Waals surface area contributed by atoms with E-state index in [-0.39, 0.29) is 17.7 Å². The van der Waals surface area contributed by atoms with Crippen molar-refractivity contribution < 1.29 is 14.3 Å². The van der Waals surface area contributed by atoms with Crippen molar-refractivity contribution in [2.45, 2.75) is 19.9 Å². The molecule has 7 nitrogen and oxygen atoms in total. The average Bonchev–Trinajstić information content (AvgIpc) is 3.02. The van der Waals surface area contributed by atoms with Crippen LogP contribution in [-0.4, -0.2) is 61.1 Å². The number of rotatable bonds is 5. The van der Waals surface area contributed by atoms with E-state index in [1.165, 1.54) is 0 Å². The highest BCUT2D eigenvalue weighted by molar-refractivity contribution is 5.89. The Bertz CT molecular complexity index is 584. The molecule has 24 heavy (non-hydrogen) atoms. The van der Waals surface area contributed by atoms with Crippen molar-refractivity contribution in [3.05, 3.63) is 23.9 Å². The fourth-order valence-corrected chi connectivity index (χ4v) is 3.09. The summed E-state index contributed by atoms with van der Waals surface area (Å²) < 4.78 is 5.34. The maximum Gasteiger partial charge on any atom is 0.225 e. The molecule has 2 fully saturated rings. The highest BCUT2D eigenvalue weighted by Gasteiger charge is 2.33. The lowest BCUT2D eigenvalue weighted by Gasteiger charge is -2.27. The Labute approximate surface area is 142 Å². The molecule has 0 unspecified atom stereocenters. The van der Waals surface area contributed by atoms with Crippen LogP contribution in [0.4, 0.5) is 5.82 Å². The van der Waals surface area contributed by atoms with E-state index < -0.39 is 0 Å². The van der Waals surface area contributed by atoms with Crippen LogP contribution in [0.15, 0.2) is 18.3 Å². The number of anilines is 1. The third-order valence-electron chi connectivity index (χ3n) is 4.58. The summed E-state index contributed by atoms with van der Waals surface area (Å²) in [4.78, 5) is 32.3. The maximum absolute atomic E-state index is 12.2. The van der Waals surface area contributed by atoms with Gasteiger partial charge in [-0.15, -0.1) is 0 Å². The number of nitrogens with zero attached hydrogens (tertiary/aromatic N) is 3. The number of carbonyl (C=O) groups excluding carboxylic acids is 2. The summed E-state index contributed by atoms with van der Waals surface area (Å²) in [5.74, 6) is 0.706. The Balaban J connectivity index is 1.49. The molecule has 130 valence electrons. The summed E-state index contributed by atoms with van der Waals surface area (Å²) in [7, 11) is 0. The molecule has 1 N–H and O–H groups in total. The zero-order valence-electron chi connectivity index (χ0n) is 14.0. The van der Waals surface area contributed by atoms with E-state index in [9.17, 15) is 9.59 Å². The van der Waals surface area contributed by atoms with Gasteiger partial charge in [-0.1, -0.05) is 6.07 Å². The van der Waals surface area contributed by atoms with Crippen molar-refractivity contribution in [3.63, 3.8) is 0 Å². The van der Waals surface area contributed by atoms with Gasteiger partial charge in [0, 0.05) is 45.3 Å². The molecule has 1 aromatic heterocycles. The summed E-state index contributed by atoms with van der Waals surface area (Å²) in [6.45, 7) is 6.72. The number of hydrogen-bond donors (Lipinski definition) is 1. The van der Waals surface area contributed by atoms with Crippen molar-refractivity contribution in [1.82, 2.24) is 15.2 Å². The molecule has 2 amide bonds. The lowest BCUT2D eigenvalue weighted by Crippen LogP contribution is -2.36. The second-order valence-electron chi connectivity index (χ2n) is 6.18. The average molecular weight is 332 g/mol. The minimum Gasteiger partial charge on any atom is -0.378 e. The van der Waals surface area contributed by atoms with E-state index in [0.29, 0.717) is 26.1 Å². The first kappa shape index (κ1) is 16.7. The number of amides is 2. The minimum atomic E-state index is -0.238. The topological polar surface area (TPSA) is 74.8 Å². The van der Waals surface area contributed by atoms with Crippen molar-refractivity contribution >= 4 is 17.6 Å². The molecule has 0 saturated carbocycles. The fraction of sp³-hybridized carbons (Fsp3) is 0.588. The Morgan fingerprint density at radius 2 is 2.17 bits per heavy atom. The number of ether oxygens (including phenoxy) is 1. The van der Waals surface area contributed by atoms with Gasteiger partial charge in [-0.25, -0.2) is 4.98 Å². The van der Waals surface area contributed by atoms with E-state index in [4.69, 9.17) is 4.74 Å². The van der Waals surface area contributed by atoms with Gasteiger partial charge in [0.25, 0.3) is 0 Å². The fourth-order valence-electron chi connectivity index (χ4n) is 3.09. The van der Waals surface area contributed by atoms with E-state index >= 15 is 0 Å². The first-order chi connectivity index (χ1) is 11.7. The lowest BCUT2D eigenvalue weighted by atomic mass is 10.1. The van der Waals surface area contributed by atoms with Crippen LogP contribution in [0.2, 0.25) is 0 Å². The van der Waals surface area contributed by atoms with Gasteiger partial charge in [0.1, 0.15) is 5.82 Å². The highest BCUT2D eigenvalue weighted by atomic mass is 16.5. The quantitative estimate of drug-likeness (QED) is 0.845. The van der Waals surface area contributed by atoms with Crippen molar-refractivity contribution in [1.29, 1.82) is 0 Å². The summed E-state index contributed by atoms with van der Waals surface area (Å²) in [6, 6.07) is 3.96. The minimum absolute atomic E-state index is 0.0587. The molecule has 0 radical (unpaired) electrons. The van der Waals surface area contributed by atoms with Gasteiger partial charge in [-0.05, 0) is 18.6 Å². The first-order valence-corrected chi connectivity index (χ1v) is 8.50. The number of hydrogen-bond acceptors (Lipinski definition) is 5. The molecule has 2 aliphatic heterocycles. The van der Waals surface area contributed by atoms with Crippen LogP contribution in [0.3, 0.4) is 0 Å². The van der Waals surface area contributed by atoms with Crippen LogP contribution in [0, 0.1) is 5.92 Å². The molecule has 0 bridgehead atoms. The molecule has 7 heteroatoms. The molecule has 2 saturated heterocycles. The third-order valence-corrected chi connectivity index (χ3v) is 4.58. The second-order valence-corrected chi connectivity index (χ2v) is 6.18. The smallest absolute Gasteiger partial charge is 0.225 e. The van der Waals surface area contributed by atoms with Gasteiger partial charge >= 0.3 is 0 Å². The second kappa shape index (κ2) is 7.61. The van der Waals surface area contributed by atoms with Crippen LogP contribution in [-0.2, 0) is 20.9 Å². The van der Waals surface area contributed by atoms with Gasteiger partial charge in [-0.2, -0.15) is 0 Å². The van der Waals surface area contributed by atoms with Crippen LogP contribution in [0.1, 0.15) is 18.9 Å². The zero-order chi connectivity index (χ0) is 16.9. The molecule has 0 aliphatic carbocycles. The Morgan fingerprint density at radius 3 is 2.79 bits per heavy atom. The van der Waals surface area contributed by atoms with E-state index in [1.807, 2.05) is 19.1 Å². The van der Waals surface area contributed by atoms with Gasteiger partial charge in [-0.3, -0.25) is 9.59 Å².